The van der Waals surface area contributed by atoms with Crippen molar-refractivity contribution < 1.29 is 9.53 Å². The number of aryl methyl sites for hydroxylation is 3. The second kappa shape index (κ2) is 7.49. The van der Waals surface area contributed by atoms with E-state index < -0.39 is 0 Å². The molecular formula is C20H20N2O2S. The molecule has 1 heterocycles. The molecule has 4 nitrogen and oxygen atoms in total. The van der Waals surface area contributed by atoms with E-state index in [0.29, 0.717) is 5.75 Å². The molecule has 3 rings (SSSR count). The van der Waals surface area contributed by atoms with E-state index in [1.165, 1.54) is 0 Å². The number of nitrogens with one attached hydrogen (secondary N) is 1. The van der Waals surface area contributed by atoms with E-state index in [1.54, 1.807) is 11.3 Å². The third-order valence-corrected chi connectivity index (χ3v) is 4.42. The van der Waals surface area contributed by atoms with Gasteiger partial charge in [-0.2, -0.15) is 0 Å². The van der Waals surface area contributed by atoms with Crippen molar-refractivity contribution in [3.8, 4) is 17.0 Å². The van der Waals surface area contributed by atoms with E-state index in [0.717, 1.165) is 33.1 Å². The highest BCUT2D eigenvalue weighted by Gasteiger charge is 2.06. The Hall–Kier alpha value is -2.66. The summed E-state index contributed by atoms with van der Waals surface area (Å²) in [6.45, 7) is 5.98. The lowest BCUT2D eigenvalue weighted by atomic mass is 10.1. The van der Waals surface area contributed by atoms with Crippen molar-refractivity contribution in [1.82, 2.24) is 4.98 Å². The number of carbonyl (C=O) groups is 1. The van der Waals surface area contributed by atoms with Gasteiger partial charge in [0.2, 0.25) is 0 Å². The zero-order chi connectivity index (χ0) is 17.8. The molecule has 5 heteroatoms. The van der Waals surface area contributed by atoms with Crippen LogP contribution in [0.3, 0.4) is 0 Å². The first-order chi connectivity index (χ1) is 12.0. The molecule has 128 valence electrons. The summed E-state index contributed by atoms with van der Waals surface area (Å²) in [5, 5.41) is 5.91. The first kappa shape index (κ1) is 17.2. The van der Waals surface area contributed by atoms with Gasteiger partial charge in [0, 0.05) is 16.6 Å². The maximum atomic E-state index is 12.1. The highest BCUT2D eigenvalue weighted by atomic mass is 32.1. The lowest BCUT2D eigenvalue weighted by Crippen LogP contribution is -2.20. The van der Waals surface area contributed by atoms with Gasteiger partial charge in [-0.3, -0.25) is 4.79 Å². The Morgan fingerprint density at radius 3 is 2.36 bits per heavy atom. The van der Waals surface area contributed by atoms with E-state index in [4.69, 9.17) is 4.74 Å². The molecule has 0 aliphatic heterocycles. The summed E-state index contributed by atoms with van der Waals surface area (Å²) in [6.07, 6.45) is 0. The third-order valence-electron chi connectivity index (χ3n) is 3.65. The topological polar surface area (TPSA) is 51.2 Å². The van der Waals surface area contributed by atoms with Gasteiger partial charge in [0.05, 0.1) is 10.7 Å². The number of anilines is 1. The van der Waals surface area contributed by atoms with Gasteiger partial charge in [-0.1, -0.05) is 18.2 Å². The van der Waals surface area contributed by atoms with Crippen molar-refractivity contribution >= 4 is 22.9 Å². The van der Waals surface area contributed by atoms with E-state index >= 15 is 0 Å². The molecule has 0 bridgehead atoms. The average molecular weight is 352 g/mol. The van der Waals surface area contributed by atoms with Crippen molar-refractivity contribution in [3.05, 3.63) is 64.0 Å². The van der Waals surface area contributed by atoms with Gasteiger partial charge < -0.3 is 10.1 Å². The van der Waals surface area contributed by atoms with E-state index in [2.05, 4.69) is 16.4 Å². The Balaban J connectivity index is 1.57. The number of benzene rings is 2. The zero-order valence-corrected chi connectivity index (χ0v) is 15.3. The van der Waals surface area contributed by atoms with E-state index in [-0.39, 0.29) is 12.5 Å². The van der Waals surface area contributed by atoms with Crippen LogP contribution in [0, 0.1) is 20.8 Å². The number of carbonyl (C=O) groups excluding carboxylic acids is 1. The Labute approximate surface area is 151 Å². The Bertz CT molecular complexity index is 865. The van der Waals surface area contributed by atoms with Crippen LogP contribution >= 0.6 is 11.3 Å². The predicted molar refractivity (Wildman–Crippen MR) is 102 cm³/mol. The fourth-order valence-electron chi connectivity index (χ4n) is 2.58. The number of rotatable bonds is 5. The largest absolute Gasteiger partial charge is 0.484 e. The second-order valence-electron chi connectivity index (χ2n) is 5.99. The smallest absolute Gasteiger partial charge is 0.262 e. The Morgan fingerprint density at radius 2 is 1.76 bits per heavy atom. The van der Waals surface area contributed by atoms with Crippen LogP contribution in [-0.2, 0) is 4.79 Å². The minimum absolute atomic E-state index is 0.0179. The predicted octanol–water partition coefficient (Wildman–Crippen LogP) is 4.75. The van der Waals surface area contributed by atoms with Crippen LogP contribution < -0.4 is 10.1 Å². The maximum absolute atomic E-state index is 12.1. The normalized spacial score (nSPS) is 10.5. The summed E-state index contributed by atoms with van der Waals surface area (Å²) in [5.74, 6) is 0.526. The lowest BCUT2D eigenvalue weighted by Gasteiger charge is -2.09. The van der Waals surface area contributed by atoms with Crippen LogP contribution in [0.1, 0.15) is 16.1 Å². The summed E-state index contributed by atoms with van der Waals surface area (Å²) in [4.78, 5) is 16.5. The highest BCUT2D eigenvalue weighted by molar-refractivity contribution is 7.09. The number of amides is 1. The van der Waals surface area contributed by atoms with Crippen molar-refractivity contribution in [2.45, 2.75) is 20.8 Å². The number of ether oxygens (including phenoxy) is 1. The zero-order valence-electron chi connectivity index (χ0n) is 14.5. The number of hydrogen-bond acceptors (Lipinski definition) is 4. The van der Waals surface area contributed by atoms with Crippen LogP contribution in [0.5, 0.6) is 5.75 Å². The molecule has 1 N–H and O–H groups in total. The quantitative estimate of drug-likeness (QED) is 0.721. The summed E-state index contributed by atoms with van der Waals surface area (Å²) >= 11 is 1.62. The van der Waals surface area contributed by atoms with Crippen molar-refractivity contribution in [1.29, 1.82) is 0 Å². The summed E-state index contributed by atoms with van der Waals surface area (Å²) in [5.41, 5.74) is 4.96. The molecule has 0 aliphatic rings. The minimum atomic E-state index is -0.184. The first-order valence-corrected chi connectivity index (χ1v) is 8.91. The third kappa shape index (κ3) is 4.67. The molecular weight excluding hydrogens is 332 g/mol. The van der Waals surface area contributed by atoms with Crippen molar-refractivity contribution in [2.24, 2.45) is 0 Å². The first-order valence-electron chi connectivity index (χ1n) is 8.03. The molecule has 0 spiro atoms. The van der Waals surface area contributed by atoms with Gasteiger partial charge in [-0.05, 0) is 56.2 Å². The summed E-state index contributed by atoms with van der Waals surface area (Å²) in [7, 11) is 0. The van der Waals surface area contributed by atoms with Crippen LogP contribution in [0.15, 0.2) is 47.8 Å². The molecule has 0 saturated carbocycles. The SMILES string of the molecule is Cc1cc(C)cc(OCC(=O)Nc2ccc(-c3csc(C)n3)cc2)c1. The van der Waals surface area contributed by atoms with Gasteiger partial charge >= 0.3 is 0 Å². The summed E-state index contributed by atoms with van der Waals surface area (Å²) in [6, 6.07) is 13.6. The fraction of sp³-hybridized carbons (Fsp3) is 0.200. The monoisotopic (exact) mass is 352 g/mol. The van der Waals surface area contributed by atoms with E-state index in [1.807, 2.05) is 62.5 Å². The number of aromatic nitrogens is 1. The van der Waals surface area contributed by atoms with Crippen molar-refractivity contribution in [3.63, 3.8) is 0 Å². The standard InChI is InChI=1S/C20H20N2O2S/c1-13-8-14(2)10-18(9-13)24-11-20(23)22-17-6-4-16(5-7-17)19-12-25-15(3)21-19/h4-10,12H,11H2,1-3H3,(H,22,23). The minimum Gasteiger partial charge on any atom is -0.484 e. The second-order valence-corrected chi connectivity index (χ2v) is 7.05. The van der Waals surface area contributed by atoms with Gasteiger partial charge in [-0.15, -0.1) is 11.3 Å². The molecule has 1 amide bonds. The molecule has 1 aromatic heterocycles. The number of hydrogen-bond donors (Lipinski definition) is 1. The molecule has 0 saturated heterocycles. The molecule has 3 aromatic rings. The lowest BCUT2D eigenvalue weighted by molar-refractivity contribution is -0.118. The van der Waals surface area contributed by atoms with E-state index in [9.17, 15) is 4.79 Å². The fourth-order valence-corrected chi connectivity index (χ4v) is 3.20. The molecule has 0 fully saturated rings. The molecule has 0 unspecified atom stereocenters. The molecule has 2 aromatic carbocycles. The Kier molecular flexibility index (Phi) is 5.14. The van der Waals surface area contributed by atoms with Gasteiger partial charge in [0.1, 0.15) is 5.75 Å². The molecule has 0 aliphatic carbocycles. The average Bonchev–Trinajstić information content (AvgIpc) is 2.99. The van der Waals surface area contributed by atoms with Crippen LogP contribution in [0.2, 0.25) is 0 Å². The molecule has 0 radical (unpaired) electrons. The van der Waals surface area contributed by atoms with Crippen LogP contribution in [-0.4, -0.2) is 17.5 Å². The van der Waals surface area contributed by atoms with Gasteiger partial charge in [0.15, 0.2) is 6.61 Å². The molecule has 25 heavy (non-hydrogen) atoms. The van der Waals surface area contributed by atoms with Crippen LogP contribution in [0.25, 0.3) is 11.3 Å². The van der Waals surface area contributed by atoms with Gasteiger partial charge in [0.25, 0.3) is 5.91 Å². The summed E-state index contributed by atoms with van der Waals surface area (Å²) < 4.78 is 5.58. The van der Waals surface area contributed by atoms with Crippen LogP contribution in [0.4, 0.5) is 5.69 Å². The maximum Gasteiger partial charge on any atom is 0.262 e. The van der Waals surface area contributed by atoms with Crippen molar-refractivity contribution in [2.75, 3.05) is 11.9 Å². The number of nitrogens with zero attached hydrogens (tertiary/aromatic N) is 1. The number of thiazole rings is 1. The van der Waals surface area contributed by atoms with Gasteiger partial charge in [-0.25, -0.2) is 4.98 Å². The highest BCUT2D eigenvalue weighted by Crippen LogP contribution is 2.23. The Morgan fingerprint density at radius 1 is 1.08 bits per heavy atom. The molecule has 0 atom stereocenters.